The lowest BCUT2D eigenvalue weighted by Gasteiger charge is -2.31. The first-order chi connectivity index (χ1) is 11.7. The van der Waals surface area contributed by atoms with Crippen LogP contribution in [-0.2, 0) is 17.6 Å². The highest BCUT2D eigenvalue weighted by Crippen LogP contribution is 2.25. The first-order valence-electron chi connectivity index (χ1n) is 8.60. The smallest absolute Gasteiger partial charge is 0.220 e. The summed E-state index contributed by atoms with van der Waals surface area (Å²) in [5, 5.41) is 12.3. The van der Waals surface area contributed by atoms with Crippen molar-refractivity contribution in [3.05, 3.63) is 59.7 Å². The molecule has 0 fully saturated rings. The molecule has 2 N–H and O–H groups in total. The Balaban J connectivity index is 1.42. The summed E-state index contributed by atoms with van der Waals surface area (Å²) in [4.78, 5) is 14.4. The maximum atomic E-state index is 12.0. The van der Waals surface area contributed by atoms with Crippen LogP contribution in [0.2, 0.25) is 0 Å². The first-order valence-corrected chi connectivity index (χ1v) is 8.60. The van der Waals surface area contributed by atoms with Gasteiger partial charge in [-0.3, -0.25) is 4.79 Å². The van der Waals surface area contributed by atoms with Gasteiger partial charge < -0.3 is 15.3 Å². The second-order valence-electron chi connectivity index (χ2n) is 6.24. The van der Waals surface area contributed by atoms with Gasteiger partial charge in [-0.05, 0) is 48.6 Å². The molecule has 126 valence electrons. The Hall–Kier alpha value is -2.49. The summed E-state index contributed by atoms with van der Waals surface area (Å²) in [6.45, 7) is 2.57. The van der Waals surface area contributed by atoms with Gasteiger partial charge in [0.1, 0.15) is 5.75 Å². The minimum atomic E-state index is 0.0772. The van der Waals surface area contributed by atoms with E-state index in [1.165, 1.54) is 17.7 Å². The van der Waals surface area contributed by atoms with Crippen LogP contribution < -0.4 is 10.2 Å². The predicted molar refractivity (Wildman–Crippen MR) is 96.4 cm³/mol. The van der Waals surface area contributed by atoms with Crippen molar-refractivity contribution in [2.24, 2.45) is 0 Å². The van der Waals surface area contributed by atoms with E-state index in [-0.39, 0.29) is 11.7 Å². The molecule has 0 unspecified atom stereocenters. The van der Waals surface area contributed by atoms with Gasteiger partial charge in [0.2, 0.25) is 5.91 Å². The third-order valence-corrected chi connectivity index (χ3v) is 4.49. The lowest BCUT2D eigenvalue weighted by atomic mass is 10.0. The van der Waals surface area contributed by atoms with E-state index in [1.807, 2.05) is 12.1 Å². The fraction of sp³-hybridized carbons (Fsp3) is 0.350. The molecule has 0 radical (unpaired) electrons. The number of anilines is 1. The number of rotatable bonds is 6. The van der Waals surface area contributed by atoms with E-state index in [4.69, 9.17) is 0 Å². The van der Waals surface area contributed by atoms with Crippen LogP contribution in [0.5, 0.6) is 5.75 Å². The van der Waals surface area contributed by atoms with Crippen molar-refractivity contribution < 1.29 is 9.90 Å². The average molecular weight is 324 g/mol. The molecule has 1 amide bonds. The molecule has 4 heteroatoms. The van der Waals surface area contributed by atoms with Crippen molar-refractivity contribution in [2.45, 2.75) is 25.7 Å². The molecule has 1 heterocycles. The quantitative estimate of drug-likeness (QED) is 0.859. The van der Waals surface area contributed by atoms with Gasteiger partial charge in [-0.1, -0.05) is 30.3 Å². The monoisotopic (exact) mass is 324 g/mol. The summed E-state index contributed by atoms with van der Waals surface area (Å²) in [7, 11) is 0. The van der Waals surface area contributed by atoms with Crippen molar-refractivity contribution in [3.8, 4) is 5.75 Å². The number of carbonyl (C=O) groups excluding carboxylic acids is 1. The van der Waals surface area contributed by atoms with Gasteiger partial charge in [-0.2, -0.15) is 0 Å². The van der Waals surface area contributed by atoms with E-state index in [0.29, 0.717) is 19.4 Å². The number of aromatic hydroxyl groups is 1. The molecule has 0 spiro atoms. The van der Waals surface area contributed by atoms with E-state index < -0.39 is 0 Å². The van der Waals surface area contributed by atoms with Gasteiger partial charge in [-0.25, -0.2) is 0 Å². The molecule has 24 heavy (non-hydrogen) atoms. The first kappa shape index (κ1) is 16.4. The van der Waals surface area contributed by atoms with Gasteiger partial charge in [0.15, 0.2) is 0 Å². The van der Waals surface area contributed by atoms with Gasteiger partial charge in [0.25, 0.3) is 0 Å². The van der Waals surface area contributed by atoms with Gasteiger partial charge in [-0.15, -0.1) is 0 Å². The van der Waals surface area contributed by atoms with Crippen LogP contribution in [0.15, 0.2) is 48.5 Å². The summed E-state index contributed by atoms with van der Waals surface area (Å²) in [6.07, 6.45) is 3.48. The van der Waals surface area contributed by atoms with Crippen LogP contribution in [0.1, 0.15) is 24.0 Å². The number of phenolic OH excluding ortho intramolecular Hbond substituents is 1. The molecule has 4 nitrogen and oxygen atoms in total. The topological polar surface area (TPSA) is 52.6 Å². The lowest BCUT2D eigenvalue weighted by Crippen LogP contribution is -2.37. The van der Waals surface area contributed by atoms with Gasteiger partial charge in [0, 0.05) is 31.7 Å². The van der Waals surface area contributed by atoms with Crippen LogP contribution in [0.25, 0.3) is 0 Å². The van der Waals surface area contributed by atoms with E-state index in [9.17, 15) is 9.90 Å². The lowest BCUT2D eigenvalue weighted by molar-refractivity contribution is -0.120. The molecule has 0 saturated carbocycles. The van der Waals surface area contributed by atoms with Crippen LogP contribution >= 0.6 is 0 Å². The molecule has 1 aliphatic rings. The van der Waals surface area contributed by atoms with Crippen molar-refractivity contribution in [2.75, 3.05) is 24.5 Å². The maximum absolute atomic E-state index is 12.0. The molecule has 2 aromatic rings. The second-order valence-corrected chi connectivity index (χ2v) is 6.24. The summed E-state index contributed by atoms with van der Waals surface area (Å²) in [5.74, 6) is 0.332. The average Bonchev–Trinajstić information content (AvgIpc) is 2.61. The number of nitrogens with zero attached hydrogens (tertiary/aromatic N) is 1. The minimum Gasteiger partial charge on any atom is -0.508 e. The molecule has 0 bridgehead atoms. The van der Waals surface area contributed by atoms with Gasteiger partial charge in [0.05, 0.1) is 0 Å². The molecular weight excluding hydrogens is 300 g/mol. The largest absolute Gasteiger partial charge is 0.508 e. The molecule has 0 atom stereocenters. The van der Waals surface area contributed by atoms with Crippen LogP contribution in [-0.4, -0.2) is 30.6 Å². The van der Waals surface area contributed by atoms with E-state index in [1.54, 1.807) is 12.1 Å². The van der Waals surface area contributed by atoms with E-state index >= 15 is 0 Å². The zero-order valence-corrected chi connectivity index (χ0v) is 13.9. The van der Waals surface area contributed by atoms with Crippen molar-refractivity contribution in [3.63, 3.8) is 0 Å². The normalized spacial score (nSPS) is 13.4. The number of hydrogen-bond donors (Lipinski definition) is 2. The van der Waals surface area contributed by atoms with Crippen LogP contribution in [0.3, 0.4) is 0 Å². The number of phenols is 1. The zero-order valence-electron chi connectivity index (χ0n) is 13.9. The number of fused-ring (bicyclic) bond motifs is 1. The molecule has 3 rings (SSSR count). The van der Waals surface area contributed by atoms with E-state index in [0.717, 1.165) is 25.1 Å². The Morgan fingerprint density at radius 2 is 1.92 bits per heavy atom. The number of benzene rings is 2. The molecule has 0 aromatic heterocycles. The number of para-hydroxylation sites is 1. The van der Waals surface area contributed by atoms with E-state index in [2.05, 4.69) is 34.5 Å². The SMILES string of the molecule is O=C(CCc1ccc(O)cc1)NCCN1CCCc2ccccc21. The minimum absolute atomic E-state index is 0.0772. The third-order valence-electron chi connectivity index (χ3n) is 4.49. The number of nitrogens with one attached hydrogen (secondary N) is 1. The Labute approximate surface area is 143 Å². The summed E-state index contributed by atoms with van der Waals surface area (Å²) < 4.78 is 0. The van der Waals surface area contributed by atoms with Crippen molar-refractivity contribution in [1.29, 1.82) is 0 Å². The molecular formula is C20H24N2O2. The Kier molecular flexibility index (Phi) is 5.36. The third kappa shape index (κ3) is 4.28. The number of amides is 1. The number of carbonyl (C=O) groups is 1. The molecule has 1 aliphatic heterocycles. The molecule has 0 aliphatic carbocycles. The highest BCUT2D eigenvalue weighted by molar-refractivity contribution is 5.76. The summed E-state index contributed by atoms with van der Waals surface area (Å²) in [6, 6.07) is 15.5. The highest BCUT2D eigenvalue weighted by atomic mass is 16.3. The molecule has 2 aromatic carbocycles. The second kappa shape index (κ2) is 7.86. The standard InChI is InChI=1S/C20H24N2O2/c23-18-10-7-16(8-11-18)9-12-20(24)21-13-15-22-14-3-5-17-4-1-2-6-19(17)22/h1-2,4,6-8,10-11,23H,3,5,9,12-15H2,(H,21,24). The summed E-state index contributed by atoms with van der Waals surface area (Å²) >= 11 is 0. The summed E-state index contributed by atoms with van der Waals surface area (Å²) in [5.41, 5.74) is 3.78. The predicted octanol–water partition coefficient (Wildman–Crippen LogP) is 2.89. The van der Waals surface area contributed by atoms with Crippen LogP contribution in [0.4, 0.5) is 5.69 Å². The van der Waals surface area contributed by atoms with Crippen LogP contribution in [0, 0.1) is 0 Å². The fourth-order valence-corrected chi connectivity index (χ4v) is 3.18. The number of aryl methyl sites for hydroxylation is 2. The Morgan fingerprint density at radius 1 is 1.12 bits per heavy atom. The maximum Gasteiger partial charge on any atom is 0.220 e. The van der Waals surface area contributed by atoms with Crippen molar-refractivity contribution in [1.82, 2.24) is 5.32 Å². The Morgan fingerprint density at radius 3 is 2.75 bits per heavy atom. The highest BCUT2D eigenvalue weighted by Gasteiger charge is 2.15. The molecule has 0 saturated heterocycles. The zero-order chi connectivity index (χ0) is 16.8. The van der Waals surface area contributed by atoms with Crippen molar-refractivity contribution >= 4 is 11.6 Å². The Bertz CT molecular complexity index is 682. The fourth-order valence-electron chi connectivity index (χ4n) is 3.18. The van der Waals surface area contributed by atoms with Gasteiger partial charge >= 0.3 is 0 Å². The number of hydrogen-bond acceptors (Lipinski definition) is 3.